The molecule has 3 N–H and O–H groups in total. The van der Waals surface area contributed by atoms with Crippen LogP contribution < -0.4 is 11.1 Å². The van der Waals surface area contributed by atoms with E-state index in [4.69, 9.17) is 5.73 Å². The molecule has 0 heterocycles. The summed E-state index contributed by atoms with van der Waals surface area (Å²) in [7, 11) is 0. The fourth-order valence-electron chi connectivity index (χ4n) is 1.12. The van der Waals surface area contributed by atoms with E-state index in [0.29, 0.717) is 13.0 Å². The Balaban J connectivity index is 3.22. The maximum atomic E-state index is 11.2. The highest BCUT2D eigenvalue weighted by Crippen LogP contribution is 2.01. The molecule has 0 aliphatic heterocycles. The van der Waals surface area contributed by atoms with Crippen molar-refractivity contribution in [1.29, 1.82) is 0 Å². The van der Waals surface area contributed by atoms with Crippen LogP contribution in [0.3, 0.4) is 0 Å². The van der Waals surface area contributed by atoms with E-state index in [1.165, 1.54) is 0 Å². The molecule has 0 saturated carbocycles. The molecule has 0 aromatic rings. The summed E-state index contributed by atoms with van der Waals surface area (Å²) in [6, 6.07) is 0. The van der Waals surface area contributed by atoms with Gasteiger partial charge >= 0.3 is 0 Å². The fraction of sp³-hybridized carbons (Fsp3) is 0.727. The Hall–Kier alpha value is -0.830. The molecule has 0 saturated heterocycles. The van der Waals surface area contributed by atoms with E-state index >= 15 is 0 Å². The first kappa shape index (κ1) is 13.2. The molecule has 3 nitrogen and oxygen atoms in total. The minimum atomic E-state index is 0.126. The number of carbonyl (C=O) groups is 1. The van der Waals surface area contributed by atoms with Crippen molar-refractivity contribution in [3.05, 3.63) is 12.2 Å². The standard InChI is InChI=1S/C11H22N2O/c1-10(2)9-13-11(14)7-5-3-4-6-8-12/h1,3-9,12H2,2H3,(H,13,14). The quantitative estimate of drug-likeness (QED) is 0.459. The van der Waals surface area contributed by atoms with Crippen LogP contribution in [0, 0.1) is 0 Å². The van der Waals surface area contributed by atoms with Crippen LogP contribution in [0.15, 0.2) is 12.2 Å². The molecule has 0 aliphatic carbocycles. The summed E-state index contributed by atoms with van der Waals surface area (Å²) in [5, 5.41) is 2.81. The molecule has 0 fully saturated rings. The van der Waals surface area contributed by atoms with E-state index < -0.39 is 0 Å². The van der Waals surface area contributed by atoms with Gasteiger partial charge in [0.1, 0.15) is 0 Å². The molecule has 0 aliphatic rings. The molecule has 0 atom stereocenters. The smallest absolute Gasteiger partial charge is 0.220 e. The second-order valence-corrected chi connectivity index (χ2v) is 3.69. The Morgan fingerprint density at radius 1 is 1.29 bits per heavy atom. The van der Waals surface area contributed by atoms with Gasteiger partial charge in [-0.2, -0.15) is 0 Å². The Morgan fingerprint density at radius 3 is 2.50 bits per heavy atom. The molecular formula is C11H22N2O. The molecule has 0 unspecified atom stereocenters. The fourth-order valence-corrected chi connectivity index (χ4v) is 1.12. The van der Waals surface area contributed by atoms with Gasteiger partial charge in [0.2, 0.25) is 5.91 Å². The van der Waals surface area contributed by atoms with Gasteiger partial charge in [-0.05, 0) is 26.3 Å². The zero-order valence-corrected chi connectivity index (χ0v) is 9.14. The van der Waals surface area contributed by atoms with Gasteiger partial charge in [0.25, 0.3) is 0 Å². The van der Waals surface area contributed by atoms with E-state index in [0.717, 1.165) is 37.8 Å². The number of nitrogens with one attached hydrogen (secondary N) is 1. The van der Waals surface area contributed by atoms with Gasteiger partial charge < -0.3 is 11.1 Å². The normalized spacial score (nSPS) is 9.86. The molecule has 0 spiro atoms. The van der Waals surface area contributed by atoms with Crippen LogP contribution in [0.2, 0.25) is 0 Å². The molecule has 3 heteroatoms. The van der Waals surface area contributed by atoms with Gasteiger partial charge in [0.15, 0.2) is 0 Å². The molecule has 0 aromatic heterocycles. The summed E-state index contributed by atoms with van der Waals surface area (Å²) in [4.78, 5) is 11.2. The van der Waals surface area contributed by atoms with Crippen LogP contribution in [0.4, 0.5) is 0 Å². The van der Waals surface area contributed by atoms with Crippen LogP contribution >= 0.6 is 0 Å². The summed E-state index contributed by atoms with van der Waals surface area (Å²) < 4.78 is 0. The lowest BCUT2D eigenvalue weighted by molar-refractivity contribution is -0.121. The number of hydrogen-bond acceptors (Lipinski definition) is 2. The van der Waals surface area contributed by atoms with Gasteiger partial charge in [-0.1, -0.05) is 25.0 Å². The monoisotopic (exact) mass is 198 g/mol. The zero-order valence-electron chi connectivity index (χ0n) is 9.14. The molecule has 0 bridgehead atoms. The SMILES string of the molecule is C=C(C)CNC(=O)CCCCCCN. The summed E-state index contributed by atoms with van der Waals surface area (Å²) in [5.74, 6) is 0.126. The molecule has 82 valence electrons. The average molecular weight is 198 g/mol. The Labute approximate surface area is 86.8 Å². The predicted octanol–water partition coefficient (Wildman–Crippen LogP) is 1.59. The van der Waals surface area contributed by atoms with Gasteiger partial charge in [-0.3, -0.25) is 4.79 Å². The van der Waals surface area contributed by atoms with Crippen molar-refractivity contribution in [2.24, 2.45) is 5.73 Å². The first-order valence-electron chi connectivity index (χ1n) is 5.28. The highest BCUT2D eigenvalue weighted by Gasteiger charge is 1.99. The summed E-state index contributed by atoms with van der Waals surface area (Å²) in [6.45, 7) is 6.97. The summed E-state index contributed by atoms with van der Waals surface area (Å²) >= 11 is 0. The summed E-state index contributed by atoms with van der Waals surface area (Å²) in [5.41, 5.74) is 6.35. The lowest BCUT2D eigenvalue weighted by Gasteiger charge is -2.04. The van der Waals surface area contributed by atoms with Crippen molar-refractivity contribution in [1.82, 2.24) is 5.32 Å². The van der Waals surface area contributed by atoms with Crippen LogP contribution in [-0.2, 0) is 4.79 Å². The lowest BCUT2D eigenvalue weighted by atomic mass is 10.1. The van der Waals surface area contributed by atoms with Crippen molar-refractivity contribution in [2.75, 3.05) is 13.1 Å². The first-order chi connectivity index (χ1) is 6.66. The molecular weight excluding hydrogens is 176 g/mol. The van der Waals surface area contributed by atoms with Gasteiger partial charge in [-0.15, -0.1) is 0 Å². The van der Waals surface area contributed by atoms with E-state index in [1.807, 2.05) is 6.92 Å². The van der Waals surface area contributed by atoms with Gasteiger partial charge in [-0.25, -0.2) is 0 Å². The Morgan fingerprint density at radius 2 is 1.93 bits per heavy atom. The van der Waals surface area contributed by atoms with Gasteiger partial charge in [0, 0.05) is 13.0 Å². The molecule has 0 radical (unpaired) electrons. The molecule has 0 rings (SSSR count). The summed E-state index contributed by atoms with van der Waals surface area (Å²) in [6.07, 6.45) is 4.87. The zero-order chi connectivity index (χ0) is 10.8. The van der Waals surface area contributed by atoms with Crippen molar-refractivity contribution in [3.8, 4) is 0 Å². The number of rotatable bonds is 8. The number of unbranched alkanes of at least 4 members (excludes halogenated alkanes) is 3. The van der Waals surface area contributed by atoms with Crippen molar-refractivity contribution in [3.63, 3.8) is 0 Å². The Bertz CT molecular complexity index is 178. The second kappa shape index (κ2) is 8.75. The predicted molar refractivity (Wildman–Crippen MR) is 60.0 cm³/mol. The largest absolute Gasteiger partial charge is 0.352 e. The number of hydrogen-bond donors (Lipinski definition) is 2. The van der Waals surface area contributed by atoms with E-state index in [2.05, 4.69) is 11.9 Å². The second-order valence-electron chi connectivity index (χ2n) is 3.69. The van der Waals surface area contributed by atoms with Gasteiger partial charge in [0.05, 0.1) is 0 Å². The highest BCUT2D eigenvalue weighted by molar-refractivity contribution is 5.76. The Kier molecular flexibility index (Phi) is 8.24. The third kappa shape index (κ3) is 9.26. The van der Waals surface area contributed by atoms with E-state index in [-0.39, 0.29) is 5.91 Å². The van der Waals surface area contributed by atoms with Crippen molar-refractivity contribution in [2.45, 2.75) is 39.0 Å². The minimum absolute atomic E-state index is 0.126. The van der Waals surface area contributed by atoms with Crippen molar-refractivity contribution < 1.29 is 4.79 Å². The van der Waals surface area contributed by atoms with Crippen LogP contribution in [0.5, 0.6) is 0 Å². The maximum Gasteiger partial charge on any atom is 0.220 e. The topological polar surface area (TPSA) is 55.1 Å². The van der Waals surface area contributed by atoms with Crippen LogP contribution in [0.1, 0.15) is 39.0 Å². The van der Waals surface area contributed by atoms with Crippen LogP contribution in [-0.4, -0.2) is 19.0 Å². The highest BCUT2D eigenvalue weighted by atomic mass is 16.1. The molecule has 1 amide bonds. The van der Waals surface area contributed by atoms with Crippen LogP contribution in [0.25, 0.3) is 0 Å². The first-order valence-corrected chi connectivity index (χ1v) is 5.28. The van der Waals surface area contributed by atoms with E-state index in [9.17, 15) is 4.79 Å². The van der Waals surface area contributed by atoms with Crippen molar-refractivity contribution >= 4 is 5.91 Å². The number of amides is 1. The maximum absolute atomic E-state index is 11.2. The number of carbonyl (C=O) groups excluding carboxylic acids is 1. The number of nitrogens with two attached hydrogens (primary N) is 1. The minimum Gasteiger partial charge on any atom is -0.352 e. The molecule has 14 heavy (non-hydrogen) atoms. The average Bonchev–Trinajstić information content (AvgIpc) is 2.14. The lowest BCUT2D eigenvalue weighted by Crippen LogP contribution is -2.24. The third-order valence-corrected chi connectivity index (χ3v) is 1.95. The van der Waals surface area contributed by atoms with E-state index in [1.54, 1.807) is 0 Å². The third-order valence-electron chi connectivity index (χ3n) is 1.95. The molecule has 0 aromatic carbocycles.